The van der Waals surface area contributed by atoms with Crippen LogP contribution >= 0.6 is 0 Å². The number of methoxy groups -OCH3 is 1. The third-order valence-corrected chi connectivity index (χ3v) is 4.73. The Bertz CT molecular complexity index is 1320. The van der Waals surface area contributed by atoms with Gasteiger partial charge in [0.15, 0.2) is 0 Å². The van der Waals surface area contributed by atoms with Crippen LogP contribution < -0.4 is 16.0 Å². The largest absolute Gasteiger partial charge is 0.497 e. The number of hydrogen-bond acceptors (Lipinski definition) is 5. The maximum absolute atomic E-state index is 12.6. The number of hydrogen-bond donors (Lipinski definition) is 2. The minimum Gasteiger partial charge on any atom is -0.497 e. The van der Waals surface area contributed by atoms with E-state index in [1.807, 2.05) is 26.0 Å². The molecule has 0 aliphatic heterocycles. The lowest BCUT2D eigenvalue weighted by molar-refractivity contribution is 0.100. The van der Waals surface area contributed by atoms with E-state index in [1.165, 1.54) is 4.68 Å². The monoisotopic (exact) mass is 389 g/mol. The highest BCUT2D eigenvalue weighted by atomic mass is 16.5. The van der Waals surface area contributed by atoms with Crippen LogP contribution in [0, 0.1) is 13.8 Å². The molecule has 0 aliphatic rings. The number of ether oxygens (including phenoxy) is 1. The lowest BCUT2D eigenvalue weighted by Gasteiger charge is -2.12. The molecule has 29 heavy (non-hydrogen) atoms. The number of aromatic nitrogens is 4. The fraction of sp³-hybridized carbons (Fsp3) is 0.143. The SMILES string of the molecule is COc1ccc2c(=O)[nH]c(-n3nc(C)cc3-c3c(C)cccc3C(N)=O)nc2c1. The van der Waals surface area contributed by atoms with Crippen LogP contribution in [0.2, 0.25) is 0 Å². The molecule has 4 aromatic rings. The predicted octanol–water partition coefficient (Wildman–Crippen LogP) is 2.50. The number of fused-ring (bicyclic) bond motifs is 1. The van der Waals surface area contributed by atoms with E-state index in [-0.39, 0.29) is 11.5 Å². The van der Waals surface area contributed by atoms with E-state index in [4.69, 9.17) is 10.5 Å². The van der Waals surface area contributed by atoms with Gasteiger partial charge in [-0.15, -0.1) is 0 Å². The van der Waals surface area contributed by atoms with Crippen LogP contribution in [0.25, 0.3) is 28.1 Å². The van der Waals surface area contributed by atoms with Crippen LogP contribution in [-0.2, 0) is 0 Å². The zero-order valence-corrected chi connectivity index (χ0v) is 16.2. The first-order valence-electron chi connectivity index (χ1n) is 8.94. The Morgan fingerprint density at radius 3 is 2.69 bits per heavy atom. The molecule has 2 aromatic heterocycles. The predicted molar refractivity (Wildman–Crippen MR) is 109 cm³/mol. The molecule has 2 aromatic carbocycles. The quantitative estimate of drug-likeness (QED) is 0.556. The Balaban J connectivity index is 2.00. The van der Waals surface area contributed by atoms with E-state index in [9.17, 15) is 9.59 Å². The minimum atomic E-state index is -0.543. The maximum Gasteiger partial charge on any atom is 0.260 e. The van der Waals surface area contributed by atoms with Crippen molar-refractivity contribution in [2.45, 2.75) is 13.8 Å². The van der Waals surface area contributed by atoms with Gasteiger partial charge in [-0.3, -0.25) is 14.6 Å². The van der Waals surface area contributed by atoms with Gasteiger partial charge in [0, 0.05) is 17.2 Å². The fourth-order valence-electron chi connectivity index (χ4n) is 3.39. The molecule has 0 fully saturated rings. The Morgan fingerprint density at radius 2 is 1.97 bits per heavy atom. The van der Waals surface area contributed by atoms with Gasteiger partial charge in [0.1, 0.15) is 5.75 Å². The molecule has 0 aliphatic carbocycles. The summed E-state index contributed by atoms with van der Waals surface area (Å²) in [5.74, 6) is 0.282. The summed E-state index contributed by atoms with van der Waals surface area (Å²) in [4.78, 5) is 32.0. The highest BCUT2D eigenvalue weighted by molar-refractivity contribution is 6.00. The molecule has 8 nitrogen and oxygen atoms in total. The summed E-state index contributed by atoms with van der Waals surface area (Å²) in [6, 6.07) is 12.2. The number of primary amides is 1. The smallest absolute Gasteiger partial charge is 0.260 e. The van der Waals surface area contributed by atoms with Crippen molar-refractivity contribution in [3.05, 3.63) is 69.6 Å². The molecular formula is C21H19N5O3. The van der Waals surface area contributed by atoms with Gasteiger partial charge < -0.3 is 10.5 Å². The molecule has 146 valence electrons. The molecule has 4 rings (SSSR count). The van der Waals surface area contributed by atoms with Crippen LogP contribution in [0.1, 0.15) is 21.6 Å². The van der Waals surface area contributed by atoms with Crippen molar-refractivity contribution in [3.8, 4) is 23.0 Å². The normalized spacial score (nSPS) is 11.0. The van der Waals surface area contributed by atoms with Crippen molar-refractivity contribution in [3.63, 3.8) is 0 Å². The van der Waals surface area contributed by atoms with E-state index in [0.29, 0.717) is 39.2 Å². The van der Waals surface area contributed by atoms with Gasteiger partial charge in [0.25, 0.3) is 5.56 Å². The second kappa shape index (κ2) is 6.90. The average molecular weight is 389 g/mol. The van der Waals surface area contributed by atoms with E-state index < -0.39 is 5.91 Å². The molecule has 0 saturated carbocycles. The number of nitrogens with one attached hydrogen (secondary N) is 1. The van der Waals surface area contributed by atoms with Gasteiger partial charge in [-0.2, -0.15) is 9.78 Å². The van der Waals surface area contributed by atoms with Gasteiger partial charge in [-0.05, 0) is 43.7 Å². The summed E-state index contributed by atoms with van der Waals surface area (Å²) in [5, 5.41) is 4.93. The van der Waals surface area contributed by atoms with E-state index in [1.54, 1.807) is 37.4 Å². The van der Waals surface area contributed by atoms with Crippen molar-refractivity contribution < 1.29 is 9.53 Å². The number of carbonyl (C=O) groups excluding carboxylic acids is 1. The summed E-state index contributed by atoms with van der Waals surface area (Å²) < 4.78 is 6.75. The number of rotatable bonds is 4. The molecular weight excluding hydrogens is 370 g/mol. The van der Waals surface area contributed by atoms with Gasteiger partial charge in [0.2, 0.25) is 11.9 Å². The number of H-pyrrole nitrogens is 1. The molecule has 2 heterocycles. The first-order chi connectivity index (χ1) is 13.9. The molecule has 0 unspecified atom stereocenters. The van der Waals surface area contributed by atoms with Crippen molar-refractivity contribution in [1.82, 2.24) is 19.7 Å². The first kappa shape index (κ1) is 18.4. The number of amides is 1. The third kappa shape index (κ3) is 3.14. The Morgan fingerprint density at radius 1 is 1.17 bits per heavy atom. The zero-order chi connectivity index (χ0) is 20.7. The molecule has 0 spiro atoms. The number of benzene rings is 2. The van der Waals surface area contributed by atoms with Crippen molar-refractivity contribution in [2.24, 2.45) is 5.73 Å². The van der Waals surface area contributed by atoms with E-state index >= 15 is 0 Å². The summed E-state index contributed by atoms with van der Waals surface area (Å²) in [6.45, 7) is 3.71. The van der Waals surface area contributed by atoms with Crippen molar-refractivity contribution in [2.75, 3.05) is 7.11 Å². The topological polar surface area (TPSA) is 116 Å². The van der Waals surface area contributed by atoms with E-state index in [2.05, 4.69) is 15.1 Å². The maximum atomic E-state index is 12.6. The highest BCUT2D eigenvalue weighted by Gasteiger charge is 2.19. The number of aromatic amines is 1. The van der Waals surface area contributed by atoms with Crippen molar-refractivity contribution in [1.29, 1.82) is 0 Å². The summed E-state index contributed by atoms with van der Waals surface area (Å²) >= 11 is 0. The molecule has 0 atom stereocenters. The highest BCUT2D eigenvalue weighted by Crippen LogP contribution is 2.29. The third-order valence-electron chi connectivity index (χ3n) is 4.73. The lowest BCUT2D eigenvalue weighted by atomic mass is 9.98. The standard InChI is InChI=1S/C21H19N5O3/c1-11-5-4-6-15(19(22)27)18(11)17-9-12(2)25-26(17)21-23-16-10-13(29-3)7-8-14(16)20(28)24-21/h4-10H,1-3H3,(H2,22,27)(H,23,24,28). The van der Waals surface area contributed by atoms with Gasteiger partial charge in [0.05, 0.1) is 29.4 Å². The Labute approximate surface area is 166 Å². The molecule has 0 radical (unpaired) electrons. The lowest BCUT2D eigenvalue weighted by Crippen LogP contribution is -2.17. The van der Waals surface area contributed by atoms with Crippen LogP contribution in [-0.4, -0.2) is 32.8 Å². The molecule has 3 N–H and O–H groups in total. The van der Waals surface area contributed by atoms with Crippen LogP contribution in [0.3, 0.4) is 0 Å². The number of nitrogens with two attached hydrogens (primary N) is 1. The number of carbonyl (C=O) groups is 1. The van der Waals surface area contributed by atoms with Gasteiger partial charge in [-0.25, -0.2) is 4.98 Å². The summed E-state index contributed by atoms with van der Waals surface area (Å²) in [5.41, 5.74) is 8.95. The van der Waals surface area contributed by atoms with Crippen LogP contribution in [0.5, 0.6) is 5.75 Å². The number of nitrogens with zero attached hydrogens (tertiary/aromatic N) is 3. The molecule has 1 amide bonds. The second-order valence-corrected chi connectivity index (χ2v) is 6.72. The molecule has 0 bridgehead atoms. The minimum absolute atomic E-state index is 0.234. The second-order valence-electron chi connectivity index (χ2n) is 6.72. The molecule has 8 heteroatoms. The summed E-state index contributed by atoms with van der Waals surface area (Å²) in [7, 11) is 1.55. The first-order valence-corrected chi connectivity index (χ1v) is 8.94. The number of aryl methyl sites for hydroxylation is 2. The van der Waals surface area contributed by atoms with Gasteiger partial charge in [-0.1, -0.05) is 12.1 Å². The van der Waals surface area contributed by atoms with Gasteiger partial charge >= 0.3 is 0 Å². The zero-order valence-electron chi connectivity index (χ0n) is 16.2. The van der Waals surface area contributed by atoms with Crippen LogP contribution in [0.15, 0.2) is 47.3 Å². The van der Waals surface area contributed by atoms with E-state index in [0.717, 1.165) is 5.56 Å². The Hall–Kier alpha value is -3.94. The Kier molecular flexibility index (Phi) is 4.38. The average Bonchev–Trinajstić information content (AvgIpc) is 3.08. The fourth-order valence-corrected chi connectivity index (χ4v) is 3.39. The van der Waals surface area contributed by atoms with Crippen LogP contribution in [0.4, 0.5) is 0 Å². The summed E-state index contributed by atoms with van der Waals surface area (Å²) in [6.07, 6.45) is 0. The van der Waals surface area contributed by atoms with Crippen molar-refractivity contribution >= 4 is 16.8 Å². The molecule has 0 saturated heterocycles.